The second-order valence-corrected chi connectivity index (χ2v) is 8.48. The maximum Gasteiger partial charge on any atom is 0.319 e. The van der Waals surface area contributed by atoms with Crippen molar-refractivity contribution < 1.29 is 19.5 Å². The van der Waals surface area contributed by atoms with E-state index < -0.39 is 5.60 Å². The smallest absolute Gasteiger partial charge is 0.319 e. The Morgan fingerprint density at radius 3 is 2.27 bits per heavy atom. The van der Waals surface area contributed by atoms with Gasteiger partial charge in [-0.05, 0) is 31.9 Å². The van der Waals surface area contributed by atoms with Crippen molar-refractivity contribution in [2.24, 2.45) is 5.92 Å². The van der Waals surface area contributed by atoms with Gasteiger partial charge in [-0.2, -0.15) is 0 Å². The van der Waals surface area contributed by atoms with Crippen LogP contribution in [-0.2, 0) is 0 Å². The second kappa shape index (κ2) is 7.00. The minimum Gasteiger partial charge on any atom is -0.389 e. The van der Waals surface area contributed by atoms with Crippen LogP contribution in [0.15, 0.2) is 12.1 Å². The fourth-order valence-corrected chi connectivity index (χ4v) is 4.61. The van der Waals surface area contributed by atoms with Gasteiger partial charge in [0.2, 0.25) is 0 Å². The van der Waals surface area contributed by atoms with Gasteiger partial charge in [0, 0.05) is 46.2 Å². The number of likely N-dealkylation sites (tertiary alicyclic amines) is 2. The number of ketones is 1. The van der Waals surface area contributed by atoms with E-state index in [0.29, 0.717) is 48.8 Å². The first-order valence-corrected chi connectivity index (χ1v) is 9.61. The van der Waals surface area contributed by atoms with Crippen LogP contribution >= 0.6 is 11.3 Å². The van der Waals surface area contributed by atoms with E-state index in [4.69, 9.17) is 0 Å². The molecule has 26 heavy (non-hydrogen) atoms. The van der Waals surface area contributed by atoms with E-state index in [9.17, 15) is 19.5 Å². The van der Waals surface area contributed by atoms with Crippen molar-refractivity contribution >= 4 is 29.1 Å². The number of hydrogen-bond donors (Lipinski definition) is 1. The third kappa shape index (κ3) is 3.48. The molecule has 8 heteroatoms. The summed E-state index contributed by atoms with van der Waals surface area (Å²) >= 11 is 1.21. The van der Waals surface area contributed by atoms with Crippen LogP contribution in [-0.4, -0.2) is 83.4 Å². The molecule has 2 unspecified atom stereocenters. The van der Waals surface area contributed by atoms with E-state index in [0.717, 1.165) is 0 Å². The molecule has 0 aliphatic carbocycles. The molecule has 1 aromatic heterocycles. The van der Waals surface area contributed by atoms with Gasteiger partial charge in [0.25, 0.3) is 5.91 Å². The lowest BCUT2D eigenvalue weighted by molar-refractivity contribution is -0.100. The summed E-state index contributed by atoms with van der Waals surface area (Å²) in [7, 11) is 3.42. The first kappa shape index (κ1) is 18.8. The summed E-state index contributed by atoms with van der Waals surface area (Å²) in [6.45, 7) is 3.37. The number of nitrogens with zero attached hydrogens (tertiary/aromatic N) is 3. The summed E-state index contributed by atoms with van der Waals surface area (Å²) in [5, 5.41) is 10.9. The second-order valence-electron chi connectivity index (χ2n) is 7.39. The van der Waals surface area contributed by atoms with Gasteiger partial charge in [-0.3, -0.25) is 9.59 Å². The van der Waals surface area contributed by atoms with Crippen molar-refractivity contribution in [1.82, 2.24) is 14.7 Å². The summed E-state index contributed by atoms with van der Waals surface area (Å²) in [4.78, 5) is 42.6. The Hall–Kier alpha value is -1.93. The monoisotopic (exact) mass is 379 g/mol. The number of carbonyl (C=O) groups excluding carboxylic acids is 3. The Morgan fingerprint density at radius 1 is 1.12 bits per heavy atom. The van der Waals surface area contributed by atoms with Gasteiger partial charge >= 0.3 is 6.03 Å². The van der Waals surface area contributed by atoms with Gasteiger partial charge < -0.3 is 19.8 Å². The zero-order chi connectivity index (χ0) is 19.1. The largest absolute Gasteiger partial charge is 0.389 e. The van der Waals surface area contributed by atoms with Gasteiger partial charge in [-0.1, -0.05) is 0 Å². The Bertz CT molecular complexity index is 732. The molecular formula is C18H25N3O4S. The van der Waals surface area contributed by atoms with Crippen molar-refractivity contribution in [2.45, 2.75) is 25.4 Å². The van der Waals surface area contributed by atoms with E-state index in [1.807, 2.05) is 0 Å². The SMILES string of the molecule is CC(=O)c1ccc(C(=O)N2CCC3(O)CCN(C(=O)N(C)C)CC3C2)s1. The minimum atomic E-state index is -0.820. The highest BCUT2D eigenvalue weighted by Crippen LogP contribution is 2.36. The molecule has 0 bridgehead atoms. The number of thiophene rings is 1. The van der Waals surface area contributed by atoms with Gasteiger partial charge in [0.1, 0.15) is 0 Å². The number of aliphatic hydroxyl groups is 1. The van der Waals surface area contributed by atoms with Crippen molar-refractivity contribution in [3.63, 3.8) is 0 Å². The molecule has 142 valence electrons. The summed E-state index contributed by atoms with van der Waals surface area (Å²) in [5.74, 6) is -0.321. The Labute approximate surface area is 157 Å². The van der Waals surface area contributed by atoms with Crippen LogP contribution in [0.25, 0.3) is 0 Å². The van der Waals surface area contributed by atoms with E-state index in [-0.39, 0.29) is 23.6 Å². The maximum absolute atomic E-state index is 12.8. The van der Waals surface area contributed by atoms with Crippen molar-refractivity contribution in [3.05, 3.63) is 21.9 Å². The van der Waals surface area contributed by atoms with E-state index >= 15 is 0 Å². The van der Waals surface area contributed by atoms with Crippen molar-refractivity contribution in [3.8, 4) is 0 Å². The molecule has 0 saturated carbocycles. The fourth-order valence-electron chi connectivity index (χ4n) is 3.74. The molecule has 3 amide bonds. The third-order valence-corrected chi connectivity index (χ3v) is 6.55. The molecule has 0 aromatic carbocycles. The van der Waals surface area contributed by atoms with Crippen LogP contribution in [0.4, 0.5) is 4.79 Å². The highest BCUT2D eigenvalue weighted by molar-refractivity contribution is 7.15. The lowest BCUT2D eigenvalue weighted by atomic mass is 9.75. The van der Waals surface area contributed by atoms with Crippen LogP contribution in [0.1, 0.15) is 39.1 Å². The lowest BCUT2D eigenvalue weighted by Gasteiger charge is -2.50. The van der Waals surface area contributed by atoms with E-state index in [1.54, 1.807) is 36.0 Å². The average molecular weight is 379 g/mol. The van der Waals surface area contributed by atoms with Gasteiger partial charge in [0.05, 0.1) is 15.4 Å². The topological polar surface area (TPSA) is 81.2 Å². The predicted molar refractivity (Wildman–Crippen MR) is 98.6 cm³/mol. The first-order chi connectivity index (χ1) is 12.2. The number of piperidine rings is 2. The molecule has 0 spiro atoms. The fraction of sp³-hybridized carbons (Fsp3) is 0.611. The van der Waals surface area contributed by atoms with Crippen LogP contribution in [0.3, 0.4) is 0 Å². The molecule has 1 N–H and O–H groups in total. The average Bonchev–Trinajstić information content (AvgIpc) is 3.09. The van der Waals surface area contributed by atoms with Gasteiger partial charge in [-0.15, -0.1) is 11.3 Å². The Morgan fingerprint density at radius 2 is 1.69 bits per heavy atom. The molecule has 2 aliphatic rings. The Balaban J connectivity index is 1.72. The zero-order valence-corrected chi connectivity index (χ0v) is 16.2. The van der Waals surface area contributed by atoms with Gasteiger partial charge in [-0.25, -0.2) is 4.79 Å². The number of carbonyl (C=O) groups is 3. The number of fused-ring (bicyclic) bond motifs is 1. The number of Topliss-reactive ketones (excluding diaryl/α,β-unsaturated/α-hetero) is 1. The number of rotatable bonds is 2. The van der Waals surface area contributed by atoms with Crippen LogP contribution in [0.2, 0.25) is 0 Å². The third-order valence-electron chi connectivity index (χ3n) is 5.37. The maximum atomic E-state index is 12.8. The molecular weight excluding hydrogens is 354 g/mol. The molecule has 3 heterocycles. The number of urea groups is 1. The van der Waals surface area contributed by atoms with Crippen LogP contribution in [0, 0.1) is 5.92 Å². The van der Waals surface area contributed by atoms with Gasteiger partial charge in [0.15, 0.2) is 5.78 Å². The van der Waals surface area contributed by atoms with E-state index in [2.05, 4.69) is 0 Å². The molecule has 3 rings (SSSR count). The Kier molecular flexibility index (Phi) is 5.07. The lowest BCUT2D eigenvalue weighted by Crippen LogP contribution is -2.62. The molecule has 7 nitrogen and oxygen atoms in total. The summed E-state index contributed by atoms with van der Waals surface area (Å²) in [5.41, 5.74) is -0.820. The zero-order valence-electron chi connectivity index (χ0n) is 15.4. The molecule has 2 atom stereocenters. The molecule has 2 fully saturated rings. The van der Waals surface area contributed by atoms with Crippen LogP contribution in [0.5, 0.6) is 0 Å². The normalized spacial score (nSPS) is 25.6. The summed E-state index contributed by atoms with van der Waals surface area (Å²) < 4.78 is 0. The van der Waals surface area contributed by atoms with Crippen molar-refractivity contribution in [2.75, 3.05) is 40.3 Å². The first-order valence-electron chi connectivity index (χ1n) is 8.80. The van der Waals surface area contributed by atoms with Crippen LogP contribution < -0.4 is 0 Å². The molecule has 0 radical (unpaired) electrons. The molecule has 2 saturated heterocycles. The molecule has 2 aliphatic heterocycles. The number of amides is 3. The van der Waals surface area contributed by atoms with E-state index in [1.165, 1.54) is 23.2 Å². The summed E-state index contributed by atoms with van der Waals surface area (Å²) in [6.07, 6.45) is 1.05. The highest BCUT2D eigenvalue weighted by Gasteiger charge is 2.47. The molecule has 1 aromatic rings. The highest BCUT2D eigenvalue weighted by atomic mass is 32.1. The van der Waals surface area contributed by atoms with Crippen molar-refractivity contribution in [1.29, 1.82) is 0 Å². The number of hydrogen-bond acceptors (Lipinski definition) is 5. The quantitative estimate of drug-likeness (QED) is 0.790. The summed E-state index contributed by atoms with van der Waals surface area (Å²) in [6, 6.07) is 3.30. The minimum absolute atomic E-state index is 0.0489. The standard InChI is InChI=1S/C18H25N3O4S/c1-12(22)14-4-5-15(26-14)16(23)20-8-6-18(25)7-9-21(11-13(18)10-20)17(24)19(2)3/h4-5,13,25H,6-11H2,1-3H3. The predicted octanol–water partition coefficient (Wildman–Crippen LogP) is 1.53.